The highest BCUT2D eigenvalue weighted by atomic mass is 32.1. The third kappa shape index (κ3) is 4.34. The summed E-state index contributed by atoms with van der Waals surface area (Å²) in [6.07, 6.45) is 3.35. The molecule has 0 bridgehead atoms. The van der Waals surface area contributed by atoms with Gasteiger partial charge in [0.05, 0.1) is 30.0 Å². The van der Waals surface area contributed by atoms with E-state index in [0.29, 0.717) is 18.1 Å². The second kappa shape index (κ2) is 8.89. The number of thiazole rings is 1. The number of carbonyl (C=O) groups is 1. The van der Waals surface area contributed by atoms with Crippen LogP contribution in [0.2, 0.25) is 0 Å². The van der Waals surface area contributed by atoms with Gasteiger partial charge < -0.3 is 14.4 Å². The van der Waals surface area contributed by atoms with Gasteiger partial charge in [0.25, 0.3) is 0 Å². The van der Waals surface area contributed by atoms with Crippen molar-refractivity contribution in [3.8, 4) is 11.5 Å². The van der Waals surface area contributed by atoms with Crippen LogP contribution in [-0.4, -0.2) is 36.6 Å². The topological polar surface area (TPSA) is 51.7 Å². The Morgan fingerprint density at radius 3 is 2.75 bits per heavy atom. The zero-order chi connectivity index (χ0) is 20.1. The molecule has 0 N–H and O–H groups in total. The van der Waals surface area contributed by atoms with E-state index < -0.39 is 0 Å². The van der Waals surface area contributed by atoms with Gasteiger partial charge in [-0.2, -0.15) is 0 Å². The van der Waals surface area contributed by atoms with E-state index in [-0.39, 0.29) is 11.9 Å². The fraction of sp³-hybridized carbons (Fsp3) is 0.273. The Kier molecular flexibility index (Phi) is 6.31. The smallest absolute Gasteiger partial charge is 0.246 e. The Balaban J connectivity index is 1.73. The van der Waals surface area contributed by atoms with Crippen molar-refractivity contribution in [3.63, 3.8) is 0 Å². The van der Waals surface area contributed by atoms with Gasteiger partial charge >= 0.3 is 0 Å². The normalized spacial score (nSPS) is 12.3. The first kappa shape index (κ1) is 19.9. The van der Waals surface area contributed by atoms with Crippen LogP contribution in [0.25, 0.3) is 16.3 Å². The molecule has 0 saturated heterocycles. The number of nitrogens with zero attached hydrogens (tertiary/aromatic N) is 2. The number of ether oxygens (including phenoxy) is 2. The van der Waals surface area contributed by atoms with Crippen LogP contribution in [0.4, 0.5) is 0 Å². The number of likely N-dealkylation sites (N-methyl/N-ethyl adjacent to an activating group) is 1. The molecule has 0 fully saturated rings. The molecule has 3 rings (SSSR count). The molecule has 146 valence electrons. The number of benzene rings is 2. The molecule has 5 nitrogen and oxygen atoms in total. The molecule has 0 aliphatic carbocycles. The number of hydrogen-bond acceptors (Lipinski definition) is 5. The van der Waals surface area contributed by atoms with Gasteiger partial charge in [0.1, 0.15) is 5.01 Å². The van der Waals surface area contributed by atoms with Crippen molar-refractivity contribution in [2.45, 2.75) is 19.9 Å². The summed E-state index contributed by atoms with van der Waals surface area (Å²) in [5.41, 5.74) is 1.84. The molecular formula is C22H24N2O3S. The minimum atomic E-state index is -0.107. The summed E-state index contributed by atoms with van der Waals surface area (Å²) in [5, 5.41) is 0.925. The quantitative estimate of drug-likeness (QED) is 0.531. The zero-order valence-corrected chi connectivity index (χ0v) is 17.3. The third-order valence-electron chi connectivity index (χ3n) is 4.50. The molecule has 0 radical (unpaired) electrons. The fourth-order valence-electron chi connectivity index (χ4n) is 2.78. The van der Waals surface area contributed by atoms with Gasteiger partial charge in [0, 0.05) is 13.1 Å². The minimum absolute atomic E-state index is 0.0828. The molecule has 0 aliphatic heterocycles. The number of carbonyl (C=O) groups excluding carboxylic acids is 1. The van der Waals surface area contributed by atoms with E-state index in [1.807, 2.05) is 56.3 Å². The van der Waals surface area contributed by atoms with Crippen molar-refractivity contribution in [3.05, 3.63) is 59.1 Å². The van der Waals surface area contributed by atoms with E-state index >= 15 is 0 Å². The number of hydrogen-bond donors (Lipinski definition) is 0. The molecule has 2 aromatic carbocycles. The lowest BCUT2D eigenvalue weighted by Gasteiger charge is -2.21. The average molecular weight is 397 g/mol. The number of fused-ring (bicyclic) bond motifs is 1. The van der Waals surface area contributed by atoms with Crippen molar-refractivity contribution < 1.29 is 14.3 Å². The Labute approximate surface area is 169 Å². The average Bonchev–Trinajstić information content (AvgIpc) is 3.15. The van der Waals surface area contributed by atoms with Crippen LogP contribution in [0.3, 0.4) is 0 Å². The first-order chi connectivity index (χ1) is 13.5. The first-order valence-corrected chi connectivity index (χ1v) is 9.96. The van der Waals surface area contributed by atoms with Gasteiger partial charge in [-0.05, 0) is 49.8 Å². The molecule has 0 aliphatic rings. The van der Waals surface area contributed by atoms with Gasteiger partial charge in [-0.3, -0.25) is 4.79 Å². The van der Waals surface area contributed by atoms with Crippen molar-refractivity contribution in [1.29, 1.82) is 0 Å². The summed E-state index contributed by atoms with van der Waals surface area (Å²) in [4.78, 5) is 19.0. The lowest BCUT2D eigenvalue weighted by molar-refractivity contribution is -0.126. The molecule has 0 spiro atoms. The molecule has 3 aromatic rings. The highest BCUT2D eigenvalue weighted by Crippen LogP contribution is 2.30. The van der Waals surface area contributed by atoms with Crippen LogP contribution < -0.4 is 9.47 Å². The van der Waals surface area contributed by atoms with E-state index in [1.54, 1.807) is 42.5 Å². The van der Waals surface area contributed by atoms with Crippen molar-refractivity contribution in [2.75, 3.05) is 20.8 Å². The molecule has 6 heteroatoms. The molecule has 1 aromatic heterocycles. The summed E-state index contributed by atoms with van der Waals surface area (Å²) < 4.78 is 12.0. The maximum Gasteiger partial charge on any atom is 0.246 e. The fourth-order valence-corrected chi connectivity index (χ4v) is 3.84. The Hall–Kier alpha value is -2.86. The maximum absolute atomic E-state index is 12.6. The van der Waals surface area contributed by atoms with Gasteiger partial charge in [-0.1, -0.05) is 18.2 Å². The lowest BCUT2D eigenvalue weighted by Crippen LogP contribution is -2.27. The first-order valence-electron chi connectivity index (χ1n) is 9.14. The zero-order valence-electron chi connectivity index (χ0n) is 16.5. The highest BCUT2D eigenvalue weighted by molar-refractivity contribution is 7.18. The van der Waals surface area contributed by atoms with Crippen LogP contribution in [0.5, 0.6) is 11.5 Å². The Morgan fingerprint density at radius 1 is 1.25 bits per heavy atom. The number of methoxy groups -OCH3 is 1. The molecule has 1 heterocycles. The molecule has 28 heavy (non-hydrogen) atoms. The summed E-state index contributed by atoms with van der Waals surface area (Å²) in [6.45, 7) is 4.46. The molecular weight excluding hydrogens is 372 g/mol. The molecule has 1 atom stereocenters. The van der Waals surface area contributed by atoms with Crippen LogP contribution in [0.15, 0.2) is 48.5 Å². The second-order valence-corrected chi connectivity index (χ2v) is 7.38. The van der Waals surface area contributed by atoms with Crippen LogP contribution in [-0.2, 0) is 4.79 Å². The highest BCUT2D eigenvalue weighted by Gasteiger charge is 2.19. The number of amides is 1. The maximum atomic E-state index is 12.6. The van der Waals surface area contributed by atoms with Crippen LogP contribution in [0.1, 0.15) is 30.5 Å². The summed E-state index contributed by atoms with van der Waals surface area (Å²) in [6, 6.07) is 13.5. The van der Waals surface area contributed by atoms with E-state index in [1.165, 1.54) is 0 Å². The van der Waals surface area contributed by atoms with E-state index in [9.17, 15) is 4.79 Å². The summed E-state index contributed by atoms with van der Waals surface area (Å²) in [7, 11) is 3.40. The Bertz CT molecular complexity index is 963. The van der Waals surface area contributed by atoms with Crippen molar-refractivity contribution >= 4 is 33.5 Å². The van der Waals surface area contributed by atoms with Crippen molar-refractivity contribution in [1.82, 2.24) is 9.88 Å². The predicted molar refractivity (Wildman–Crippen MR) is 114 cm³/mol. The second-order valence-electron chi connectivity index (χ2n) is 6.32. The largest absolute Gasteiger partial charge is 0.493 e. The lowest BCUT2D eigenvalue weighted by atomic mass is 10.2. The minimum Gasteiger partial charge on any atom is -0.493 e. The summed E-state index contributed by atoms with van der Waals surface area (Å²) >= 11 is 1.62. The SMILES string of the molecule is CCOc1cc(/C=C/C(=O)N(C)[C@H](C)c2nc3ccccc3s2)ccc1OC. The molecule has 1 amide bonds. The Morgan fingerprint density at radius 2 is 2.04 bits per heavy atom. The van der Waals surface area contributed by atoms with Crippen LogP contribution in [0, 0.1) is 0 Å². The molecule has 0 saturated carbocycles. The predicted octanol–water partition coefficient (Wildman–Crippen LogP) is 4.94. The van der Waals surface area contributed by atoms with Gasteiger partial charge in [0.2, 0.25) is 5.91 Å². The monoisotopic (exact) mass is 396 g/mol. The van der Waals surface area contributed by atoms with Crippen LogP contribution >= 0.6 is 11.3 Å². The van der Waals surface area contributed by atoms with Gasteiger partial charge in [-0.25, -0.2) is 4.98 Å². The standard InChI is InChI=1S/C22H24N2O3S/c1-5-27-19-14-16(10-12-18(19)26-4)11-13-21(25)24(3)15(2)22-23-17-8-6-7-9-20(17)28-22/h6-15H,5H2,1-4H3/b13-11+/t15-/m1/s1. The van der Waals surface area contributed by atoms with Gasteiger partial charge in [-0.15, -0.1) is 11.3 Å². The van der Waals surface area contributed by atoms with E-state index in [2.05, 4.69) is 4.98 Å². The number of aromatic nitrogens is 1. The number of para-hydroxylation sites is 1. The van der Waals surface area contributed by atoms with E-state index in [0.717, 1.165) is 20.8 Å². The number of rotatable bonds is 7. The third-order valence-corrected chi connectivity index (χ3v) is 5.71. The summed E-state index contributed by atoms with van der Waals surface area (Å²) in [5.74, 6) is 1.25. The van der Waals surface area contributed by atoms with E-state index in [4.69, 9.17) is 9.47 Å². The van der Waals surface area contributed by atoms with Crippen molar-refractivity contribution in [2.24, 2.45) is 0 Å². The van der Waals surface area contributed by atoms with Gasteiger partial charge in [0.15, 0.2) is 11.5 Å². The molecule has 0 unspecified atom stereocenters.